The van der Waals surface area contributed by atoms with Gasteiger partial charge in [-0.05, 0) is 12.8 Å². The van der Waals surface area contributed by atoms with Crippen LogP contribution in [-0.2, 0) is 21.5 Å². The molecule has 0 bridgehead atoms. The van der Waals surface area contributed by atoms with Crippen molar-refractivity contribution in [3.63, 3.8) is 0 Å². The first kappa shape index (κ1) is 31.1. The van der Waals surface area contributed by atoms with Crippen molar-refractivity contribution in [1.29, 1.82) is 0 Å². The third-order valence-corrected chi connectivity index (χ3v) is 3.02. The summed E-state index contributed by atoms with van der Waals surface area (Å²) >= 11 is 9.30. The van der Waals surface area contributed by atoms with Crippen molar-refractivity contribution in [2.24, 2.45) is 0 Å². The van der Waals surface area contributed by atoms with Gasteiger partial charge in [-0.2, -0.15) is 0 Å². The fraction of sp³-hybridized carbons (Fsp3) is 0.625. The van der Waals surface area contributed by atoms with E-state index in [9.17, 15) is 0 Å². The second kappa shape index (κ2) is 24.2. The van der Waals surface area contributed by atoms with E-state index in [2.05, 4.69) is 127 Å². The normalized spacial score (nSPS) is 14.8. The zero-order chi connectivity index (χ0) is 20.2. The van der Waals surface area contributed by atoms with E-state index < -0.39 is 0 Å². The minimum absolute atomic E-state index is 0.890. The molecular weight excluding hydrogens is 969 g/mol. The van der Waals surface area contributed by atoms with Crippen molar-refractivity contribution in [2.75, 3.05) is 27.2 Å². The third-order valence-electron chi connectivity index (χ3n) is 3.02. The third kappa shape index (κ3) is 21.6. The van der Waals surface area contributed by atoms with Crippen LogP contribution in [0, 0.1) is 13.3 Å². The number of hydrogen-bond acceptors (Lipinski definition) is 4. The SMILES string of the molecule is CCCCN1[C]N(C)C=C1.CCCCN1[C]N(C)C=C1.[I][Pd][I].[I][Pd][I]. The molecule has 2 rings (SSSR count). The van der Waals surface area contributed by atoms with Crippen molar-refractivity contribution in [3.05, 3.63) is 38.1 Å². The van der Waals surface area contributed by atoms with Gasteiger partial charge in [-0.3, -0.25) is 0 Å². The van der Waals surface area contributed by atoms with Gasteiger partial charge in [0.2, 0.25) is 13.3 Å². The Hall–Kier alpha value is 2.92. The Balaban J connectivity index is 0. The molecular formula is C16H28I4N4Pd2. The van der Waals surface area contributed by atoms with Gasteiger partial charge in [-0.15, -0.1) is 0 Å². The van der Waals surface area contributed by atoms with Gasteiger partial charge in [0.15, 0.2) is 0 Å². The van der Waals surface area contributed by atoms with Crippen LogP contribution in [-0.4, -0.2) is 46.8 Å². The molecule has 0 unspecified atom stereocenters. The van der Waals surface area contributed by atoms with Crippen molar-refractivity contribution in [1.82, 2.24) is 19.6 Å². The monoisotopic (exact) mass is 996 g/mol. The number of rotatable bonds is 6. The van der Waals surface area contributed by atoms with Gasteiger partial charge >= 0.3 is 99.6 Å². The van der Waals surface area contributed by atoms with Crippen LogP contribution in [0.5, 0.6) is 0 Å². The Kier molecular flexibility index (Phi) is 29.0. The predicted molar refractivity (Wildman–Crippen MR) is 140 cm³/mol. The van der Waals surface area contributed by atoms with Crippen LogP contribution >= 0.6 is 78.1 Å². The van der Waals surface area contributed by atoms with Crippen LogP contribution in [0.1, 0.15) is 39.5 Å². The molecule has 0 atom stereocenters. The molecule has 0 spiro atoms. The van der Waals surface area contributed by atoms with E-state index in [0.717, 1.165) is 34.6 Å². The molecule has 0 aliphatic carbocycles. The summed E-state index contributed by atoms with van der Waals surface area (Å²) in [7, 11) is 5.76. The number of nitrogens with zero attached hydrogens (tertiary/aromatic N) is 4. The first-order chi connectivity index (χ1) is 12.5. The van der Waals surface area contributed by atoms with E-state index in [1.165, 1.54) is 25.7 Å². The molecule has 0 fully saturated rings. The fourth-order valence-corrected chi connectivity index (χ4v) is 1.81. The van der Waals surface area contributed by atoms with Crippen LogP contribution in [0.25, 0.3) is 0 Å². The molecule has 4 radical (unpaired) electrons. The predicted octanol–water partition coefficient (Wildman–Crippen LogP) is 6.54. The summed E-state index contributed by atoms with van der Waals surface area (Å²) in [4.78, 5) is 8.05. The number of halogens is 4. The maximum atomic E-state index is 3.14. The van der Waals surface area contributed by atoms with Crippen LogP contribution in [0.15, 0.2) is 24.8 Å². The van der Waals surface area contributed by atoms with Crippen molar-refractivity contribution < 1.29 is 21.5 Å². The summed E-state index contributed by atoms with van der Waals surface area (Å²) < 4.78 is 0. The van der Waals surface area contributed by atoms with E-state index in [1.54, 1.807) is 0 Å². The Bertz CT molecular complexity index is 320. The van der Waals surface area contributed by atoms with E-state index in [1.807, 2.05) is 36.3 Å². The molecule has 0 saturated heterocycles. The zero-order valence-corrected chi connectivity index (χ0v) is 27.2. The Morgan fingerprint density at radius 2 is 1.00 bits per heavy atom. The summed E-state index contributed by atoms with van der Waals surface area (Å²) in [5, 5.41) is 0. The first-order valence-electron chi connectivity index (χ1n) is 8.01. The summed E-state index contributed by atoms with van der Waals surface area (Å²) in [5.41, 5.74) is 0. The number of unbranched alkanes of at least 4 members (excludes halogenated alkanes) is 2. The number of hydrogen-bond donors (Lipinski definition) is 0. The van der Waals surface area contributed by atoms with Gasteiger partial charge < -0.3 is 19.6 Å². The maximum absolute atomic E-state index is 3.14. The van der Waals surface area contributed by atoms with Gasteiger partial charge in [-0.1, -0.05) is 26.7 Å². The molecule has 0 aromatic rings. The molecule has 0 saturated carbocycles. The molecule has 4 nitrogen and oxygen atoms in total. The van der Waals surface area contributed by atoms with Gasteiger partial charge in [0.05, 0.1) is 0 Å². The standard InChI is InChI=1S/2C8H14N2.4HI.2Pd/c2*1-3-4-5-10-7-6-9(2)8-10;;;;;;/h2*6-7H,3-5H2,1-2H3;4*1H;;/q;;;;;;2*+2/p-4. The Labute approximate surface area is 220 Å². The van der Waals surface area contributed by atoms with E-state index >= 15 is 0 Å². The molecule has 2 aliphatic rings. The van der Waals surface area contributed by atoms with Crippen molar-refractivity contribution in [2.45, 2.75) is 39.5 Å². The molecule has 0 aromatic heterocycles. The second-order valence-electron chi connectivity index (χ2n) is 5.20. The van der Waals surface area contributed by atoms with Gasteiger partial charge in [0, 0.05) is 52.0 Å². The van der Waals surface area contributed by atoms with E-state index in [-0.39, 0.29) is 0 Å². The van der Waals surface area contributed by atoms with Crippen LogP contribution in [0.3, 0.4) is 0 Å². The Morgan fingerprint density at radius 3 is 1.19 bits per heavy atom. The Morgan fingerprint density at radius 1 is 0.692 bits per heavy atom. The first-order valence-corrected chi connectivity index (χ1v) is 26.5. The molecule has 2 aliphatic heterocycles. The average molecular weight is 997 g/mol. The van der Waals surface area contributed by atoms with E-state index in [0.29, 0.717) is 0 Å². The molecule has 0 N–H and O–H groups in total. The summed E-state index contributed by atoms with van der Waals surface area (Å²) in [6, 6.07) is 0. The summed E-state index contributed by atoms with van der Waals surface area (Å²) in [5.74, 6) is 0. The van der Waals surface area contributed by atoms with Crippen molar-refractivity contribution >= 4 is 78.1 Å². The quantitative estimate of drug-likeness (QED) is 0.222. The molecule has 26 heavy (non-hydrogen) atoms. The van der Waals surface area contributed by atoms with Crippen LogP contribution < -0.4 is 0 Å². The van der Waals surface area contributed by atoms with Crippen LogP contribution in [0.2, 0.25) is 0 Å². The van der Waals surface area contributed by atoms with Crippen molar-refractivity contribution in [3.8, 4) is 0 Å². The fourth-order valence-electron chi connectivity index (χ4n) is 1.81. The van der Waals surface area contributed by atoms with Gasteiger partial charge in [0.25, 0.3) is 0 Å². The van der Waals surface area contributed by atoms with Crippen LogP contribution in [0.4, 0.5) is 0 Å². The zero-order valence-electron chi connectivity index (χ0n) is 15.5. The molecule has 160 valence electrons. The second-order valence-corrected chi connectivity index (χ2v) is 29.2. The van der Waals surface area contributed by atoms with Gasteiger partial charge in [-0.25, -0.2) is 0 Å². The molecule has 0 aromatic carbocycles. The van der Waals surface area contributed by atoms with Gasteiger partial charge in [0.1, 0.15) is 0 Å². The molecule has 10 heteroatoms. The average Bonchev–Trinajstić information content (AvgIpc) is 3.21. The molecule has 2 heterocycles. The minimum atomic E-state index is 0.890. The topological polar surface area (TPSA) is 13.0 Å². The molecule has 0 amide bonds. The summed E-state index contributed by atoms with van der Waals surface area (Å²) in [6.45, 7) is 12.9. The summed E-state index contributed by atoms with van der Waals surface area (Å²) in [6.07, 6.45) is 13.1. The van der Waals surface area contributed by atoms with E-state index in [4.69, 9.17) is 0 Å².